The van der Waals surface area contributed by atoms with Crippen molar-refractivity contribution in [2.24, 2.45) is 52.3 Å². The minimum Gasteiger partial charge on any atom is -0.458 e. The minimum absolute atomic E-state index is 0.0533. The number of carbonyl (C=O) groups is 2. The number of carbonyl (C=O) groups excluding carboxylic acids is 2. The summed E-state index contributed by atoms with van der Waals surface area (Å²) in [5.74, 6) is 1.80. The Morgan fingerprint density at radius 2 is 2.00 bits per heavy atom. The van der Waals surface area contributed by atoms with Crippen molar-refractivity contribution in [3.8, 4) is 0 Å². The van der Waals surface area contributed by atoms with Gasteiger partial charge in [-0.15, -0.1) is 0 Å². The average Bonchev–Trinajstić information content (AvgIpc) is 3.59. The van der Waals surface area contributed by atoms with Gasteiger partial charge in [0.2, 0.25) is 0 Å². The lowest BCUT2D eigenvalue weighted by Gasteiger charge is -2.60. The normalized spacial score (nSPS) is 67.9. The molecule has 0 N–H and O–H groups in total. The molecule has 0 unspecified atom stereocenters. The number of ether oxygens (including phenoxy) is 1. The van der Waals surface area contributed by atoms with Crippen LogP contribution in [0.3, 0.4) is 0 Å². The quantitative estimate of drug-likeness (QED) is 0.597. The first-order valence-electron chi connectivity index (χ1n) is 12.9. The van der Waals surface area contributed by atoms with E-state index in [0.29, 0.717) is 36.0 Å². The first-order chi connectivity index (χ1) is 14.4. The summed E-state index contributed by atoms with van der Waals surface area (Å²) in [4.78, 5) is 24.8. The van der Waals surface area contributed by atoms with Gasteiger partial charge in [-0.05, 0) is 85.5 Å². The van der Waals surface area contributed by atoms with Crippen molar-refractivity contribution in [2.45, 2.75) is 70.7 Å². The molecule has 3 nitrogen and oxygen atoms in total. The zero-order chi connectivity index (χ0) is 21.9. The Hall–Kier alpha value is -1.12. The minimum atomic E-state index is -2.60. The van der Waals surface area contributed by atoms with Gasteiger partial charge in [0, 0.05) is 29.6 Å². The molecule has 1 spiro atoms. The second-order valence-corrected chi connectivity index (χ2v) is 11.0. The van der Waals surface area contributed by atoms with Gasteiger partial charge < -0.3 is 4.74 Å². The third-order valence-electron chi connectivity index (χ3n) is 10.3. The highest BCUT2D eigenvalue weighted by Gasteiger charge is 2.81. The van der Waals surface area contributed by atoms with Gasteiger partial charge >= 0.3 is 5.97 Å². The maximum atomic E-state index is 12.6. The highest BCUT2D eigenvalue weighted by Crippen LogP contribution is 2.82. The fourth-order valence-corrected chi connectivity index (χ4v) is 9.13. The Labute approximate surface area is 166 Å². The van der Waals surface area contributed by atoms with E-state index >= 15 is 0 Å². The molecule has 3 heteroatoms. The molecule has 10 atom stereocenters. The number of allylic oxidation sites excluding steroid dienone is 1. The summed E-state index contributed by atoms with van der Waals surface area (Å²) in [7, 11) is 0. The van der Waals surface area contributed by atoms with E-state index in [1.807, 2.05) is 6.08 Å². The molecule has 27 heavy (non-hydrogen) atoms. The highest BCUT2D eigenvalue weighted by molar-refractivity contribution is 5.92. The van der Waals surface area contributed by atoms with Gasteiger partial charge in [0.25, 0.3) is 0 Å². The van der Waals surface area contributed by atoms with Crippen LogP contribution in [0, 0.1) is 52.3 Å². The van der Waals surface area contributed by atoms with Crippen LogP contribution >= 0.6 is 0 Å². The van der Waals surface area contributed by atoms with Crippen LogP contribution in [-0.2, 0) is 14.3 Å². The molecule has 7 aliphatic rings. The summed E-state index contributed by atoms with van der Waals surface area (Å²) >= 11 is 0. The Morgan fingerprint density at radius 3 is 2.78 bits per heavy atom. The van der Waals surface area contributed by atoms with E-state index in [2.05, 4.69) is 13.8 Å². The Morgan fingerprint density at radius 1 is 1.15 bits per heavy atom. The van der Waals surface area contributed by atoms with E-state index in [9.17, 15) is 9.59 Å². The third-order valence-corrected chi connectivity index (χ3v) is 10.3. The fourth-order valence-electron chi connectivity index (χ4n) is 9.13. The van der Waals surface area contributed by atoms with E-state index in [1.54, 1.807) is 0 Å². The van der Waals surface area contributed by atoms with Crippen LogP contribution in [-0.4, -0.2) is 17.4 Å². The SMILES string of the molecule is [2H]C1([2H])C(=O)O[C@]2([C@H]3C[C@H]3[C@H]3[C@@H]4[C@H]5C[C@H]5C5=CC(=O)CC[C@]5(C)[C@H]4CC[C@@]32C)C1([2H])[2H]. The van der Waals surface area contributed by atoms with Crippen molar-refractivity contribution in [1.29, 1.82) is 0 Å². The van der Waals surface area contributed by atoms with Crippen LogP contribution in [0.25, 0.3) is 0 Å². The van der Waals surface area contributed by atoms with Gasteiger partial charge in [-0.2, -0.15) is 0 Å². The van der Waals surface area contributed by atoms with Crippen molar-refractivity contribution in [1.82, 2.24) is 0 Å². The van der Waals surface area contributed by atoms with Gasteiger partial charge in [-0.1, -0.05) is 19.4 Å². The van der Waals surface area contributed by atoms with Crippen LogP contribution in [0.4, 0.5) is 0 Å². The van der Waals surface area contributed by atoms with Gasteiger partial charge in [0.15, 0.2) is 5.78 Å². The molecule has 0 aromatic rings. The maximum absolute atomic E-state index is 12.6. The number of fused-ring (bicyclic) bond motifs is 12. The van der Waals surface area contributed by atoms with E-state index in [4.69, 9.17) is 10.2 Å². The monoisotopic (exact) mass is 370 g/mol. The first-order valence-corrected chi connectivity index (χ1v) is 10.9. The molecule has 0 amide bonds. The first kappa shape index (κ1) is 12.4. The predicted molar refractivity (Wildman–Crippen MR) is 99.5 cm³/mol. The van der Waals surface area contributed by atoms with Crippen molar-refractivity contribution >= 4 is 11.8 Å². The smallest absolute Gasteiger partial charge is 0.306 e. The highest BCUT2D eigenvalue weighted by atomic mass is 16.6. The van der Waals surface area contributed by atoms with Gasteiger partial charge in [0.05, 0.1) is 0 Å². The standard InChI is InChI=1S/C24H30O3/c1-22-6-3-12(25)9-17(22)13-10-14(13)20-16(22)4-7-23(2)21(20)15-11-18(15)24(23)8-5-19(26)27-24/h9,13-16,18,20-21H,3-8,10-11H2,1-2H3/t13-,14+,15-,16+,18+,20-,21+,22-,23+,24+/m1/s1/i5D2,8D2. The second-order valence-electron chi connectivity index (χ2n) is 11.0. The van der Waals surface area contributed by atoms with Gasteiger partial charge in [-0.25, -0.2) is 0 Å². The summed E-state index contributed by atoms with van der Waals surface area (Å²) in [6, 6.07) is 0. The molecular weight excluding hydrogens is 336 g/mol. The van der Waals surface area contributed by atoms with Crippen molar-refractivity contribution in [3.63, 3.8) is 0 Å². The van der Waals surface area contributed by atoms with E-state index in [-0.39, 0.29) is 23.0 Å². The van der Waals surface area contributed by atoms with E-state index < -0.39 is 29.7 Å². The summed E-state index contributed by atoms with van der Waals surface area (Å²) < 4.78 is 40.2. The Balaban J connectivity index is 1.36. The van der Waals surface area contributed by atoms with E-state index in [1.165, 1.54) is 5.57 Å². The van der Waals surface area contributed by atoms with Crippen molar-refractivity contribution in [2.75, 3.05) is 0 Å². The molecule has 7 rings (SSSR count). The number of esters is 1. The summed E-state index contributed by atoms with van der Waals surface area (Å²) in [6.45, 7) is 4.48. The molecule has 0 aromatic heterocycles. The van der Waals surface area contributed by atoms with Crippen LogP contribution in [0.15, 0.2) is 11.6 Å². The lowest BCUT2D eigenvalue weighted by Crippen LogP contribution is -2.57. The molecule has 1 saturated heterocycles. The number of rotatable bonds is 0. The Bertz CT molecular complexity index is 989. The van der Waals surface area contributed by atoms with Crippen molar-refractivity contribution < 1.29 is 19.8 Å². The topological polar surface area (TPSA) is 43.4 Å². The lowest BCUT2D eigenvalue weighted by atomic mass is 9.45. The van der Waals surface area contributed by atoms with Gasteiger partial charge in [0.1, 0.15) is 5.60 Å². The molecule has 0 radical (unpaired) electrons. The number of hydrogen-bond donors (Lipinski definition) is 0. The third kappa shape index (κ3) is 1.58. The second kappa shape index (κ2) is 4.39. The lowest BCUT2D eigenvalue weighted by molar-refractivity contribution is -0.177. The van der Waals surface area contributed by atoms with Crippen LogP contribution in [0.5, 0.6) is 0 Å². The van der Waals surface area contributed by atoms with Crippen LogP contribution in [0.1, 0.15) is 70.6 Å². The molecule has 0 bridgehead atoms. The molecule has 1 aliphatic heterocycles. The zero-order valence-electron chi connectivity index (χ0n) is 20.1. The van der Waals surface area contributed by atoms with Gasteiger partial charge in [-0.3, -0.25) is 9.59 Å². The van der Waals surface area contributed by atoms with Crippen LogP contribution < -0.4 is 0 Å². The maximum Gasteiger partial charge on any atom is 0.306 e. The molecule has 6 fully saturated rings. The fraction of sp³-hybridized carbons (Fsp3) is 0.833. The number of ketones is 1. The molecule has 6 aliphatic carbocycles. The largest absolute Gasteiger partial charge is 0.458 e. The predicted octanol–water partition coefficient (Wildman–Crippen LogP) is 4.31. The zero-order valence-corrected chi connectivity index (χ0v) is 16.1. The summed E-state index contributed by atoms with van der Waals surface area (Å²) in [5.41, 5.74) is -0.430. The van der Waals surface area contributed by atoms with Crippen LogP contribution in [0.2, 0.25) is 0 Å². The molecular formula is C24H30O3. The summed E-state index contributed by atoms with van der Waals surface area (Å²) in [5, 5.41) is 0. The molecule has 0 aromatic carbocycles. The average molecular weight is 371 g/mol. The number of hydrogen-bond acceptors (Lipinski definition) is 3. The van der Waals surface area contributed by atoms with E-state index in [0.717, 1.165) is 32.1 Å². The molecule has 144 valence electrons. The summed E-state index contributed by atoms with van der Waals surface area (Å²) in [6.07, 6.45) is 2.26. The van der Waals surface area contributed by atoms with Crippen molar-refractivity contribution in [3.05, 3.63) is 11.6 Å². The molecule has 1 heterocycles. The Kier molecular flexibility index (Phi) is 2.02. The molecule has 5 saturated carbocycles.